The topological polar surface area (TPSA) is 107 Å². The number of carbonyl (C=O) groups is 1. The minimum Gasteiger partial charge on any atom is -0.481 e. The van der Waals surface area contributed by atoms with Crippen LogP contribution in [-0.2, 0) is 14.8 Å². The first kappa shape index (κ1) is 15.9. The van der Waals surface area contributed by atoms with Crippen LogP contribution in [0.25, 0.3) is 0 Å². The van der Waals surface area contributed by atoms with Gasteiger partial charge in [0.05, 0.1) is 5.92 Å². The zero-order chi connectivity index (χ0) is 15.5. The standard InChI is InChI=1S/C13H16N2O4S2/c14-7-10-5-6-12(20-10)21(18,19)15-8-9-3-1-2-4-11(9)13(16)17/h5-6,9,11,15H,1-4,8H2,(H,16,17). The molecule has 2 rings (SSSR count). The number of nitrogens with one attached hydrogen (secondary N) is 1. The average Bonchev–Trinajstić information content (AvgIpc) is 2.95. The van der Waals surface area contributed by atoms with E-state index in [9.17, 15) is 18.3 Å². The third-order valence-corrected chi connectivity index (χ3v) is 6.62. The minimum atomic E-state index is -3.67. The Bertz CT molecular complexity index is 660. The second kappa shape index (κ2) is 6.56. The van der Waals surface area contributed by atoms with Crippen molar-refractivity contribution >= 4 is 27.3 Å². The molecule has 1 aromatic heterocycles. The first-order chi connectivity index (χ1) is 9.94. The molecule has 21 heavy (non-hydrogen) atoms. The summed E-state index contributed by atoms with van der Waals surface area (Å²) >= 11 is 0.906. The molecule has 1 aromatic rings. The third-order valence-electron chi connectivity index (χ3n) is 3.72. The van der Waals surface area contributed by atoms with Gasteiger partial charge in [-0.25, -0.2) is 13.1 Å². The molecule has 1 fully saturated rings. The predicted molar refractivity (Wildman–Crippen MR) is 77.3 cm³/mol. The van der Waals surface area contributed by atoms with Gasteiger partial charge < -0.3 is 5.11 Å². The van der Waals surface area contributed by atoms with E-state index < -0.39 is 21.9 Å². The zero-order valence-corrected chi connectivity index (χ0v) is 12.9. The van der Waals surface area contributed by atoms with Gasteiger partial charge in [0, 0.05) is 6.54 Å². The Hall–Kier alpha value is -1.43. The summed E-state index contributed by atoms with van der Waals surface area (Å²) in [6, 6.07) is 4.74. The van der Waals surface area contributed by atoms with Crippen LogP contribution in [0.1, 0.15) is 30.6 Å². The van der Waals surface area contributed by atoms with E-state index in [-0.39, 0.29) is 16.7 Å². The van der Waals surface area contributed by atoms with Gasteiger partial charge in [0.15, 0.2) is 0 Å². The lowest BCUT2D eigenvalue weighted by molar-refractivity contribution is -0.144. The first-order valence-electron chi connectivity index (χ1n) is 6.66. The van der Waals surface area contributed by atoms with Gasteiger partial charge in [-0.2, -0.15) is 5.26 Å². The molecule has 0 aliphatic heterocycles. The van der Waals surface area contributed by atoms with Gasteiger partial charge in [0.2, 0.25) is 10.0 Å². The Labute approximate surface area is 127 Å². The molecular weight excluding hydrogens is 312 g/mol. The van der Waals surface area contributed by atoms with E-state index in [0.717, 1.165) is 24.2 Å². The van der Waals surface area contributed by atoms with E-state index in [1.165, 1.54) is 12.1 Å². The second-order valence-corrected chi connectivity index (χ2v) is 8.15. The summed E-state index contributed by atoms with van der Waals surface area (Å²) in [6.45, 7) is 0.124. The van der Waals surface area contributed by atoms with Gasteiger partial charge in [0.25, 0.3) is 0 Å². The molecule has 2 unspecified atom stereocenters. The van der Waals surface area contributed by atoms with Crippen LogP contribution in [-0.4, -0.2) is 26.0 Å². The number of nitrogens with zero attached hydrogens (tertiary/aromatic N) is 1. The van der Waals surface area contributed by atoms with Crippen LogP contribution in [0.3, 0.4) is 0 Å². The second-order valence-electron chi connectivity index (χ2n) is 5.07. The van der Waals surface area contributed by atoms with E-state index in [1.807, 2.05) is 6.07 Å². The van der Waals surface area contributed by atoms with Gasteiger partial charge in [-0.3, -0.25) is 4.79 Å². The van der Waals surface area contributed by atoms with E-state index in [0.29, 0.717) is 17.7 Å². The van der Waals surface area contributed by atoms with E-state index in [2.05, 4.69) is 4.72 Å². The van der Waals surface area contributed by atoms with Crippen LogP contribution < -0.4 is 4.72 Å². The van der Waals surface area contributed by atoms with Crippen molar-refractivity contribution in [2.24, 2.45) is 11.8 Å². The van der Waals surface area contributed by atoms with Crippen molar-refractivity contribution in [2.75, 3.05) is 6.54 Å². The van der Waals surface area contributed by atoms with Crippen molar-refractivity contribution < 1.29 is 18.3 Å². The minimum absolute atomic E-state index is 0.0849. The van der Waals surface area contributed by atoms with Gasteiger partial charge in [-0.05, 0) is 30.9 Å². The maximum Gasteiger partial charge on any atom is 0.306 e. The quantitative estimate of drug-likeness (QED) is 0.857. The summed E-state index contributed by atoms with van der Waals surface area (Å²) in [5.41, 5.74) is 0. The summed E-state index contributed by atoms with van der Waals surface area (Å²) < 4.78 is 26.8. The maximum atomic E-state index is 12.1. The van der Waals surface area contributed by atoms with Gasteiger partial charge >= 0.3 is 5.97 Å². The van der Waals surface area contributed by atoms with E-state index in [4.69, 9.17) is 5.26 Å². The van der Waals surface area contributed by atoms with E-state index in [1.54, 1.807) is 0 Å². The Morgan fingerprint density at radius 1 is 1.43 bits per heavy atom. The molecule has 0 aromatic carbocycles. The Morgan fingerprint density at radius 2 is 2.14 bits per heavy atom. The fourth-order valence-corrected chi connectivity index (χ4v) is 4.83. The molecule has 114 valence electrons. The SMILES string of the molecule is N#Cc1ccc(S(=O)(=O)NCC2CCCCC2C(=O)O)s1. The molecule has 6 nitrogen and oxygen atoms in total. The Morgan fingerprint density at radius 3 is 2.76 bits per heavy atom. The molecule has 1 aliphatic carbocycles. The summed E-state index contributed by atoms with van der Waals surface area (Å²) in [6.07, 6.45) is 3.11. The van der Waals surface area contributed by atoms with Crippen LogP contribution in [0.15, 0.2) is 16.3 Å². The molecule has 0 spiro atoms. The zero-order valence-electron chi connectivity index (χ0n) is 11.3. The number of hydrogen-bond acceptors (Lipinski definition) is 5. The van der Waals surface area contributed by atoms with Crippen LogP contribution >= 0.6 is 11.3 Å². The lowest BCUT2D eigenvalue weighted by Gasteiger charge is -2.28. The smallest absolute Gasteiger partial charge is 0.306 e. The summed E-state index contributed by atoms with van der Waals surface area (Å²) in [5.74, 6) is -1.53. The summed E-state index contributed by atoms with van der Waals surface area (Å²) in [5, 5.41) is 17.9. The normalized spacial score (nSPS) is 22.6. The van der Waals surface area contributed by atoms with Gasteiger partial charge in [0.1, 0.15) is 15.2 Å². The molecule has 1 saturated carbocycles. The third kappa shape index (κ3) is 3.81. The highest BCUT2D eigenvalue weighted by Gasteiger charge is 2.31. The van der Waals surface area contributed by atoms with Crippen molar-refractivity contribution in [3.63, 3.8) is 0 Å². The van der Waals surface area contributed by atoms with Crippen molar-refractivity contribution in [2.45, 2.75) is 29.9 Å². The molecule has 1 heterocycles. The van der Waals surface area contributed by atoms with Crippen molar-refractivity contribution in [1.82, 2.24) is 4.72 Å². The largest absolute Gasteiger partial charge is 0.481 e. The molecule has 0 radical (unpaired) electrons. The van der Waals surface area contributed by atoms with Crippen LogP contribution in [0.2, 0.25) is 0 Å². The fourth-order valence-electron chi connectivity index (χ4n) is 2.59. The number of thiophene rings is 1. The van der Waals surface area contributed by atoms with Crippen molar-refractivity contribution in [3.8, 4) is 6.07 Å². The van der Waals surface area contributed by atoms with Crippen molar-refractivity contribution in [1.29, 1.82) is 5.26 Å². The monoisotopic (exact) mass is 328 g/mol. The lowest BCUT2D eigenvalue weighted by Crippen LogP contribution is -2.37. The highest BCUT2D eigenvalue weighted by molar-refractivity contribution is 7.91. The summed E-state index contributed by atoms with van der Waals surface area (Å²) in [4.78, 5) is 11.5. The highest BCUT2D eigenvalue weighted by atomic mass is 32.2. The number of aliphatic carboxylic acids is 1. The maximum absolute atomic E-state index is 12.1. The molecule has 8 heteroatoms. The number of nitriles is 1. The number of carboxylic acids is 1. The number of rotatable bonds is 5. The summed E-state index contributed by atoms with van der Waals surface area (Å²) in [7, 11) is -3.67. The van der Waals surface area contributed by atoms with Crippen LogP contribution in [0.5, 0.6) is 0 Å². The molecule has 0 bridgehead atoms. The molecule has 0 amide bonds. The fraction of sp³-hybridized carbons (Fsp3) is 0.538. The number of sulfonamides is 1. The lowest BCUT2D eigenvalue weighted by atomic mass is 9.79. The van der Waals surface area contributed by atoms with E-state index >= 15 is 0 Å². The molecule has 2 N–H and O–H groups in total. The molecule has 2 atom stereocenters. The molecule has 0 saturated heterocycles. The van der Waals surface area contributed by atoms with Crippen molar-refractivity contribution in [3.05, 3.63) is 17.0 Å². The Balaban J connectivity index is 2.04. The van der Waals surface area contributed by atoms with Crippen LogP contribution in [0, 0.1) is 23.2 Å². The van der Waals surface area contributed by atoms with Crippen LogP contribution in [0.4, 0.5) is 0 Å². The number of carboxylic acid groups (broad SMARTS) is 1. The predicted octanol–water partition coefficient (Wildman–Crippen LogP) is 1.79. The molecular formula is C13H16N2O4S2. The first-order valence-corrected chi connectivity index (χ1v) is 8.96. The molecule has 1 aliphatic rings. The highest BCUT2D eigenvalue weighted by Crippen LogP contribution is 2.30. The Kier molecular flexibility index (Phi) is 4.98. The average molecular weight is 328 g/mol. The van der Waals surface area contributed by atoms with Gasteiger partial charge in [-0.15, -0.1) is 11.3 Å². The number of hydrogen-bond donors (Lipinski definition) is 2. The van der Waals surface area contributed by atoms with Gasteiger partial charge in [-0.1, -0.05) is 12.8 Å².